The van der Waals surface area contributed by atoms with Crippen molar-refractivity contribution in [2.45, 2.75) is 45.6 Å². The molecule has 3 N–H and O–H groups in total. The normalized spacial score (nSPS) is 16.4. The van der Waals surface area contributed by atoms with E-state index in [4.69, 9.17) is 15.5 Å². The molecule has 220 valence electrons. The van der Waals surface area contributed by atoms with Gasteiger partial charge in [0.25, 0.3) is 0 Å². The number of amides is 1. The molecule has 0 spiro atoms. The molecule has 2 aromatic heterocycles. The van der Waals surface area contributed by atoms with E-state index >= 15 is 0 Å². The van der Waals surface area contributed by atoms with Crippen molar-refractivity contribution in [1.29, 1.82) is 0 Å². The highest BCUT2D eigenvalue weighted by molar-refractivity contribution is 5.74. The zero-order valence-electron chi connectivity index (χ0n) is 24.5. The van der Waals surface area contributed by atoms with Gasteiger partial charge in [0, 0.05) is 56.9 Å². The molecule has 1 amide bonds. The SMILES string of the molecule is CC(C)(C)OC(=O)N1CCC(C#Cc2nccc(N3CCCN(c4cc(-c5ccccc5O)nnc4N)CC3)n2)CC1. The van der Waals surface area contributed by atoms with E-state index in [1.807, 2.05) is 45.0 Å². The average molecular weight is 571 g/mol. The van der Waals surface area contributed by atoms with Crippen LogP contribution in [0, 0.1) is 17.8 Å². The Labute approximate surface area is 246 Å². The first kappa shape index (κ1) is 28.9. The number of phenols is 1. The van der Waals surface area contributed by atoms with E-state index in [-0.39, 0.29) is 17.8 Å². The second-order valence-corrected chi connectivity index (χ2v) is 11.6. The second kappa shape index (κ2) is 12.5. The molecule has 2 aliphatic heterocycles. The molecule has 0 atom stereocenters. The first-order valence-electron chi connectivity index (χ1n) is 14.4. The lowest BCUT2D eigenvalue weighted by atomic mass is 9.98. The Balaban J connectivity index is 1.21. The molecule has 3 aromatic rings. The monoisotopic (exact) mass is 570 g/mol. The highest BCUT2D eigenvalue weighted by Crippen LogP contribution is 2.32. The number of hydrogen-bond acceptors (Lipinski definition) is 10. The number of aromatic nitrogens is 4. The Morgan fingerprint density at radius 2 is 1.76 bits per heavy atom. The molecule has 11 nitrogen and oxygen atoms in total. The van der Waals surface area contributed by atoms with Gasteiger partial charge < -0.3 is 30.3 Å². The van der Waals surface area contributed by atoms with Crippen LogP contribution in [-0.4, -0.2) is 81.1 Å². The number of rotatable bonds is 3. The maximum absolute atomic E-state index is 12.3. The van der Waals surface area contributed by atoms with Crippen molar-refractivity contribution >= 4 is 23.4 Å². The van der Waals surface area contributed by atoms with Crippen LogP contribution in [0.25, 0.3) is 11.3 Å². The van der Waals surface area contributed by atoms with Crippen molar-refractivity contribution < 1.29 is 14.6 Å². The van der Waals surface area contributed by atoms with Crippen molar-refractivity contribution in [3.8, 4) is 28.8 Å². The number of phenolic OH excluding ortho intramolecular Hbond substituents is 1. The smallest absolute Gasteiger partial charge is 0.410 e. The van der Waals surface area contributed by atoms with Crippen LogP contribution in [0.2, 0.25) is 0 Å². The summed E-state index contributed by atoms with van der Waals surface area (Å²) in [5, 5.41) is 18.7. The van der Waals surface area contributed by atoms with Crippen LogP contribution in [-0.2, 0) is 4.74 Å². The minimum Gasteiger partial charge on any atom is -0.507 e. The van der Waals surface area contributed by atoms with Crippen LogP contribution in [0.1, 0.15) is 45.9 Å². The predicted molar refractivity (Wildman–Crippen MR) is 162 cm³/mol. The van der Waals surface area contributed by atoms with Crippen LogP contribution in [0.3, 0.4) is 0 Å². The first-order chi connectivity index (χ1) is 20.2. The van der Waals surface area contributed by atoms with E-state index in [1.54, 1.807) is 23.2 Å². The maximum atomic E-state index is 12.3. The lowest BCUT2D eigenvalue weighted by molar-refractivity contribution is 0.0199. The van der Waals surface area contributed by atoms with Gasteiger partial charge in [0.2, 0.25) is 5.82 Å². The number of aromatic hydroxyl groups is 1. The number of nitrogens with zero attached hydrogens (tertiary/aromatic N) is 7. The molecule has 11 heteroatoms. The molecular weight excluding hydrogens is 532 g/mol. The maximum Gasteiger partial charge on any atom is 0.410 e. The highest BCUT2D eigenvalue weighted by Gasteiger charge is 2.26. The second-order valence-electron chi connectivity index (χ2n) is 11.6. The van der Waals surface area contributed by atoms with E-state index in [0.717, 1.165) is 56.9 Å². The summed E-state index contributed by atoms with van der Waals surface area (Å²) in [5.74, 6) is 8.52. The van der Waals surface area contributed by atoms with E-state index in [0.29, 0.717) is 36.0 Å². The van der Waals surface area contributed by atoms with Crippen LogP contribution < -0.4 is 15.5 Å². The molecular formula is C31H38N8O3. The lowest BCUT2D eigenvalue weighted by Crippen LogP contribution is -2.41. The largest absolute Gasteiger partial charge is 0.507 e. The number of hydrogen-bond donors (Lipinski definition) is 2. The minimum atomic E-state index is -0.498. The van der Waals surface area contributed by atoms with Gasteiger partial charge >= 0.3 is 6.09 Å². The van der Waals surface area contributed by atoms with Gasteiger partial charge in [-0.2, -0.15) is 0 Å². The number of nitrogen functional groups attached to an aromatic ring is 1. The van der Waals surface area contributed by atoms with Gasteiger partial charge in [0.15, 0.2) is 5.82 Å². The summed E-state index contributed by atoms with van der Waals surface area (Å²) in [4.78, 5) is 27.7. The van der Waals surface area contributed by atoms with Crippen LogP contribution in [0.15, 0.2) is 42.6 Å². The van der Waals surface area contributed by atoms with Crippen LogP contribution >= 0.6 is 0 Å². The number of benzene rings is 1. The summed E-state index contributed by atoms with van der Waals surface area (Å²) in [6, 6.07) is 10.9. The molecule has 0 bridgehead atoms. The number of piperidine rings is 1. The molecule has 4 heterocycles. The van der Waals surface area contributed by atoms with Gasteiger partial charge in [-0.05, 0) is 70.2 Å². The molecule has 2 saturated heterocycles. The van der Waals surface area contributed by atoms with Crippen molar-refractivity contribution in [3.63, 3.8) is 0 Å². The Morgan fingerprint density at radius 1 is 1.02 bits per heavy atom. The molecule has 5 rings (SSSR count). The number of ether oxygens (including phenoxy) is 1. The summed E-state index contributed by atoms with van der Waals surface area (Å²) in [6.45, 7) is 9.97. The van der Waals surface area contributed by atoms with Crippen LogP contribution in [0.5, 0.6) is 5.75 Å². The summed E-state index contributed by atoms with van der Waals surface area (Å²) in [5.41, 5.74) is 7.74. The highest BCUT2D eigenvalue weighted by atomic mass is 16.6. The Hall–Kier alpha value is -4.59. The zero-order valence-corrected chi connectivity index (χ0v) is 24.5. The number of carbonyl (C=O) groups is 1. The number of anilines is 3. The van der Waals surface area contributed by atoms with E-state index in [1.165, 1.54) is 0 Å². The number of carbonyl (C=O) groups excluding carboxylic acids is 1. The molecule has 2 aliphatic rings. The summed E-state index contributed by atoms with van der Waals surface area (Å²) >= 11 is 0. The molecule has 0 saturated carbocycles. The van der Waals surface area contributed by atoms with Gasteiger partial charge in [-0.3, -0.25) is 0 Å². The number of likely N-dealkylation sites (tertiary alicyclic amines) is 1. The lowest BCUT2D eigenvalue weighted by Gasteiger charge is -2.31. The summed E-state index contributed by atoms with van der Waals surface area (Å²) in [7, 11) is 0. The van der Waals surface area contributed by atoms with Gasteiger partial charge in [0.05, 0.1) is 11.4 Å². The third kappa shape index (κ3) is 7.18. The topological polar surface area (TPSA) is 134 Å². The Kier molecular flexibility index (Phi) is 8.61. The Morgan fingerprint density at radius 3 is 2.52 bits per heavy atom. The predicted octanol–water partition coefficient (Wildman–Crippen LogP) is 3.94. The molecule has 42 heavy (non-hydrogen) atoms. The molecule has 0 radical (unpaired) electrons. The minimum absolute atomic E-state index is 0.151. The molecule has 1 aromatic carbocycles. The fraction of sp³-hybridized carbons (Fsp3) is 0.452. The van der Waals surface area contributed by atoms with E-state index in [2.05, 4.69) is 36.8 Å². The van der Waals surface area contributed by atoms with Crippen molar-refractivity contribution in [1.82, 2.24) is 25.1 Å². The third-order valence-electron chi connectivity index (χ3n) is 7.32. The van der Waals surface area contributed by atoms with Crippen LogP contribution in [0.4, 0.5) is 22.1 Å². The van der Waals surface area contributed by atoms with Crippen molar-refractivity contribution in [2.75, 3.05) is 54.8 Å². The van der Waals surface area contributed by atoms with E-state index < -0.39 is 5.60 Å². The fourth-order valence-electron chi connectivity index (χ4n) is 5.14. The van der Waals surface area contributed by atoms with Gasteiger partial charge in [-0.15, -0.1) is 10.2 Å². The van der Waals surface area contributed by atoms with Crippen molar-refractivity contribution in [3.05, 3.63) is 48.4 Å². The third-order valence-corrected chi connectivity index (χ3v) is 7.32. The number of para-hydroxylation sites is 1. The van der Waals surface area contributed by atoms with E-state index in [9.17, 15) is 9.90 Å². The fourth-order valence-corrected chi connectivity index (χ4v) is 5.14. The average Bonchev–Trinajstić information content (AvgIpc) is 3.23. The zero-order chi connectivity index (χ0) is 29.7. The van der Waals surface area contributed by atoms with Gasteiger partial charge in [-0.1, -0.05) is 18.1 Å². The molecule has 0 aliphatic carbocycles. The Bertz CT molecular complexity index is 1470. The summed E-state index contributed by atoms with van der Waals surface area (Å²) < 4.78 is 5.49. The number of nitrogens with two attached hydrogens (primary N) is 1. The van der Waals surface area contributed by atoms with Gasteiger partial charge in [-0.25, -0.2) is 14.8 Å². The quantitative estimate of drug-likeness (QED) is 0.446. The molecule has 2 fully saturated rings. The van der Waals surface area contributed by atoms with Crippen molar-refractivity contribution in [2.24, 2.45) is 5.92 Å². The molecule has 0 unspecified atom stereocenters. The van der Waals surface area contributed by atoms with Gasteiger partial charge in [0.1, 0.15) is 17.2 Å². The summed E-state index contributed by atoms with van der Waals surface area (Å²) in [6.07, 6.45) is 3.98. The standard InChI is InChI=1S/C31H38N8O3/c1-31(2,3)42-30(41)39-17-12-22(13-18-39)9-10-27-33-14-11-28(34-27)38-16-6-15-37(19-20-38)25-21-24(35-36-29(25)32)23-7-4-5-8-26(23)40/h4-5,7-8,11,14,21-22,40H,6,12-13,15-20H2,1-3H3,(H2,32,36). The first-order valence-corrected chi connectivity index (χ1v) is 14.4.